The number of hydrogen-bond donors (Lipinski definition) is 1. The van der Waals surface area contributed by atoms with Crippen molar-refractivity contribution in [3.05, 3.63) is 23.3 Å². The van der Waals surface area contributed by atoms with Crippen molar-refractivity contribution in [2.75, 3.05) is 13.9 Å². The van der Waals surface area contributed by atoms with Crippen LogP contribution in [0.1, 0.15) is 31.2 Å². The monoisotopic (exact) mass is 358 g/mol. The number of carbonyl (C=O) groups excluding carboxylic acids is 3. The summed E-state index contributed by atoms with van der Waals surface area (Å²) in [6.45, 7) is 0.0991. The fraction of sp³-hybridized carbons (Fsp3) is 0.389. The van der Waals surface area contributed by atoms with Crippen molar-refractivity contribution in [3.63, 3.8) is 0 Å². The smallest absolute Gasteiger partial charge is 0.331 e. The van der Waals surface area contributed by atoms with Gasteiger partial charge in [0.2, 0.25) is 6.79 Å². The molecule has 2 aliphatic heterocycles. The van der Waals surface area contributed by atoms with Crippen molar-refractivity contribution < 1.29 is 28.6 Å². The molecule has 1 N–H and O–H groups in total. The maximum absolute atomic E-state index is 12.9. The average Bonchev–Trinajstić information content (AvgIpc) is 3.28. The Morgan fingerprint density at radius 3 is 2.54 bits per heavy atom. The number of fused-ring (bicyclic) bond motifs is 1. The van der Waals surface area contributed by atoms with Gasteiger partial charge in [-0.1, -0.05) is 12.8 Å². The van der Waals surface area contributed by atoms with E-state index in [0.29, 0.717) is 22.8 Å². The third-order valence-corrected chi connectivity index (χ3v) is 4.85. The molecule has 2 fully saturated rings. The molecule has 1 aromatic carbocycles. The van der Waals surface area contributed by atoms with E-state index in [-0.39, 0.29) is 18.4 Å². The lowest BCUT2D eigenvalue weighted by atomic mass is 10.0. The van der Waals surface area contributed by atoms with E-state index in [9.17, 15) is 14.4 Å². The van der Waals surface area contributed by atoms with Crippen LogP contribution in [0.3, 0.4) is 0 Å². The number of hydrogen-bond acceptors (Lipinski definition) is 6. The quantitative estimate of drug-likeness (QED) is 0.654. The minimum absolute atomic E-state index is 0.0991. The zero-order valence-corrected chi connectivity index (χ0v) is 14.2. The summed E-state index contributed by atoms with van der Waals surface area (Å²) in [5.41, 5.74) is 0.393. The number of benzene rings is 1. The molecule has 3 aliphatic rings. The van der Waals surface area contributed by atoms with E-state index >= 15 is 0 Å². The predicted molar refractivity (Wildman–Crippen MR) is 89.7 cm³/mol. The number of amides is 4. The molecule has 0 aromatic heterocycles. The van der Waals surface area contributed by atoms with Gasteiger partial charge >= 0.3 is 6.03 Å². The second kappa shape index (κ2) is 6.36. The van der Waals surface area contributed by atoms with Crippen molar-refractivity contribution in [2.45, 2.75) is 31.7 Å². The summed E-state index contributed by atoms with van der Waals surface area (Å²) in [7, 11) is 1.48. The molecular formula is C18H18N2O6. The Bertz CT molecular complexity index is 825. The Balaban J connectivity index is 1.72. The number of methoxy groups -OCH3 is 1. The summed E-state index contributed by atoms with van der Waals surface area (Å²) in [6, 6.07) is 2.46. The highest BCUT2D eigenvalue weighted by Gasteiger charge is 2.40. The van der Waals surface area contributed by atoms with Crippen LogP contribution >= 0.6 is 0 Å². The van der Waals surface area contributed by atoms with Gasteiger partial charge in [-0.05, 0) is 25.0 Å². The van der Waals surface area contributed by atoms with Gasteiger partial charge in [-0.2, -0.15) is 0 Å². The average molecular weight is 358 g/mol. The molecule has 0 atom stereocenters. The molecule has 0 bridgehead atoms. The first-order valence-corrected chi connectivity index (χ1v) is 8.46. The molecule has 1 aromatic rings. The summed E-state index contributed by atoms with van der Waals surface area (Å²) < 4.78 is 16.0. The lowest BCUT2D eigenvalue weighted by molar-refractivity contribution is -0.131. The van der Waals surface area contributed by atoms with Crippen LogP contribution in [0.4, 0.5) is 4.79 Å². The molecule has 0 radical (unpaired) electrons. The topological polar surface area (TPSA) is 94.2 Å². The van der Waals surface area contributed by atoms with Gasteiger partial charge in [0.25, 0.3) is 11.8 Å². The number of barbiturate groups is 1. The summed E-state index contributed by atoms with van der Waals surface area (Å²) in [5.74, 6) is 0.183. The van der Waals surface area contributed by atoms with Crippen LogP contribution in [0.25, 0.3) is 6.08 Å². The standard InChI is InChI=1S/C18H18N2O6/c1-24-13-8-15-14(25-9-26-15)7-10(13)6-12-16(21)19-18(23)20(17(12)22)11-4-2-3-5-11/h6-8,11H,2-5,9H2,1H3,(H,19,21,23)/b12-6-. The summed E-state index contributed by atoms with van der Waals surface area (Å²) >= 11 is 0. The minimum Gasteiger partial charge on any atom is -0.496 e. The molecule has 2 heterocycles. The highest BCUT2D eigenvalue weighted by molar-refractivity contribution is 6.31. The number of rotatable bonds is 3. The molecule has 0 unspecified atom stereocenters. The number of urea groups is 1. The highest BCUT2D eigenvalue weighted by Crippen LogP contribution is 2.39. The first-order chi connectivity index (χ1) is 12.6. The molecule has 1 aliphatic carbocycles. The van der Waals surface area contributed by atoms with Gasteiger partial charge < -0.3 is 14.2 Å². The zero-order valence-electron chi connectivity index (χ0n) is 14.2. The van der Waals surface area contributed by atoms with E-state index in [0.717, 1.165) is 25.7 Å². The van der Waals surface area contributed by atoms with Crippen molar-refractivity contribution in [2.24, 2.45) is 0 Å². The Hall–Kier alpha value is -3.03. The molecule has 8 heteroatoms. The number of nitrogens with one attached hydrogen (secondary N) is 1. The summed E-state index contributed by atoms with van der Waals surface area (Å²) in [4.78, 5) is 38.4. The van der Waals surface area contributed by atoms with Crippen LogP contribution < -0.4 is 19.5 Å². The second-order valence-corrected chi connectivity index (χ2v) is 6.38. The van der Waals surface area contributed by atoms with Crippen LogP contribution in [0.15, 0.2) is 17.7 Å². The second-order valence-electron chi connectivity index (χ2n) is 6.38. The summed E-state index contributed by atoms with van der Waals surface area (Å²) in [6.07, 6.45) is 4.87. The third kappa shape index (κ3) is 2.67. The van der Waals surface area contributed by atoms with Crippen molar-refractivity contribution in [3.8, 4) is 17.2 Å². The molecule has 1 saturated heterocycles. The lowest BCUT2D eigenvalue weighted by Crippen LogP contribution is -2.57. The summed E-state index contributed by atoms with van der Waals surface area (Å²) in [5, 5.41) is 2.26. The van der Waals surface area contributed by atoms with Crippen molar-refractivity contribution in [1.82, 2.24) is 10.2 Å². The van der Waals surface area contributed by atoms with Crippen molar-refractivity contribution in [1.29, 1.82) is 0 Å². The predicted octanol–water partition coefficient (Wildman–Crippen LogP) is 1.83. The zero-order chi connectivity index (χ0) is 18.3. The van der Waals surface area contributed by atoms with E-state index in [1.165, 1.54) is 18.1 Å². The van der Waals surface area contributed by atoms with E-state index in [1.54, 1.807) is 12.1 Å². The van der Waals surface area contributed by atoms with E-state index in [4.69, 9.17) is 14.2 Å². The van der Waals surface area contributed by atoms with E-state index in [2.05, 4.69) is 5.32 Å². The van der Waals surface area contributed by atoms with Gasteiger partial charge in [-0.3, -0.25) is 19.8 Å². The van der Waals surface area contributed by atoms with Crippen LogP contribution in [-0.4, -0.2) is 42.7 Å². The molecule has 1 saturated carbocycles. The Labute approximate surface area is 149 Å². The third-order valence-electron chi connectivity index (χ3n) is 4.85. The Morgan fingerprint density at radius 1 is 1.15 bits per heavy atom. The van der Waals surface area contributed by atoms with Crippen LogP contribution in [0.2, 0.25) is 0 Å². The van der Waals surface area contributed by atoms with Crippen LogP contribution in [0.5, 0.6) is 17.2 Å². The molecule has 26 heavy (non-hydrogen) atoms. The largest absolute Gasteiger partial charge is 0.496 e. The van der Waals surface area contributed by atoms with Gasteiger partial charge in [0.1, 0.15) is 11.3 Å². The van der Waals surface area contributed by atoms with Gasteiger partial charge in [0.15, 0.2) is 11.5 Å². The Kier molecular flexibility index (Phi) is 4.02. The minimum atomic E-state index is -0.714. The van der Waals surface area contributed by atoms with Gasteiger partial charge in [0.05, 0.1) is 7.11 Å². The lowest BCUT2D eigenvalue weighted by Gasteiger charge is -2.31. The molecule has 8 nitrogen and oxygen atoms in total. The van der Waals surface area contributed by atoms with Crippen LogP contribution in [-0.2, 0) is 9.59 Å². The molecule has 4 amide bonds. The normalized spacial score (nSPS) is 21.5. The highest BCUT2D eigenvalue weighted by atomic mass is 16.7. The van der Waals surface area contributed by atoms with E-state index in [1.807, 2.05) is 0 Å². The number of nitrogens with zero attached hydrogens (tertiary/aromatic N) is 1. The van der Waals surface area contributed by atoms with Gasteiger partial charge in [0, 0.05) is 17.7 Å². The molecular weight excluding hydrogens is 340 g/mol. The molecule has 4 rings (SSSR count). The molecule has 136 valence electrons. The number of ether oxygens (including phenoxy) is 3. The maximum Gasteiger partial charge on any atom is 0.331 e. The number of carbonyl (C=O) groups is 3. The van der Waals surface area contributed by atoms with Gasteiger partial charge in [-0.15, -0.1) is 0 Å². The fourth-order valence-electron chi connectivity index (χ4n) is 3.55. The first kappa shape index (κ1) is 16.4. The van der Waals surface area contributed by atoms with Crippen molar-refractivity contribution >= 4 is 23.9 Å². The first-order valence-electron chi connectivity index (χ1n) is 8.46. The van der Waals surface area contributed by atoms with Crippen LogP contribution in [0, 0.1) is 0 Å². The Morgan fingerprint density at radius 2 is 1.85 bits per heavy atom. The van der Waals surface area contributed by atoms with Gasteiger partial charge in [-0.25, -0.2) is 4.79 Å². The fourth-order valence-corrected chi connectivity index (χ4v) is 3.55. The maximum atomic E-state index is 12.9. The van der Waals surface area contributed by atoms with E-state index < -0.39 is 17.8 Å². The SMILES string of the molecule is COc1cc2c(cc1/C=C1/C(=O)NC(=O)N(C3CCCC3)C1=O)OCO2. The number of imide groups is 2. The molecule has 0 spiro atoms.